The van der Waals surface area contributed by atoms with Crippen molar-refractivity contribution in [2.45, 2.75) is 32.1 Å². The lowest BCUT2D eigenvalue weighted by Crippen LogP contribution is -2.18. The van der Waals surface area contributed by atoms with Crippen LogP contribution in [0, 0.1) is 0 Å². The Morgan fingerprint density at radius 2 is 0.982 bits per heavy atom. The first-order chi connectivity index (χ1) is 28.0. The van der Waals surface area contributed by atoms with Gasteiger partial charge in [-0.25, -0.2) is 0 Å². The highest BCUT2D eigenvalue weighted by Gasteiger charge is 2.37. The maximum Gasteiger partial charge on any atom is 0.0540 e. The molecule has 8 aromatic carbocycles. The maximum atomic E-state index is 2.43. The highest BCUT2D eigenvalue weighted by molar-refractivity contribution is 5.99. The van der Waals surface area contributed by atoms with Gasteiger partial charge in [0.15, 0.2) is 0 Å². The molecule has 0 aromatic heterocycles. The zero-order valence-electron chi connectivity index (χ0n) is 32.4. The summed E-state index contributed by atoms with van der Waals surface area (Å²) in [4.78, 5) is 4.75. The fourth-order valence-corrected chi connectivity index (χ4v) is 9.07. The van der Waals surface area contributed by atoms with Crippen LogP contribution in [0.25, 0.3) is 38.6 Å². The van der Waals surface area contributed by atoms with Gasteiger partial charge in [0.1, 0.15) is 0 Å². The third-order valence-electron chi connectivity index (χ3n) is 12.0. The number of para-hydroxylation sites is 2. The standard InChI is InChI=1S/C55H44N2/c1-55(2)52-25-12-11-24-50(52)51-36-35-48(38-53(51)55)56(44-19-5-3-6-20-44)46-31-27-39(28-32-46)42-17-13-18-43(37-42)40-29-33-47(34-30-40)57(45-21-7-4-8-22-45)54-26-14-16-41-15-9-10-23-49(41)54/h3-11,13-24,26-38H,12,25H2,1-2H3. The van der Waals surface area contributed by atoms with Gasteiger partial charge in [-0.15, -0.1) is 0 Å². The Balaban J connectivity index is 0.958. The molecule has 0 bridgehead atoms. The van der Waals surface area contributed by atoms with Crippen LogP contribution in [-0.2, 0) is 5.41 Å². The van der Waals surface area contributed by atoms with Crippen molar-refractivity contribution >= 4 is 50.5 Å². The number of fused-ring (bicyclic) bond motifs is 3. The minimum Gasteiger partial charge on any atom is -0.310 e. The number of hydrogen-bond acceptors (Lipinski definition) is 2. The quantitative estimate of drug-likeness (QED) is 0.153. The van der Waals surface area contributed by atoms with Crippen LogP contribution in [0.5, 0.6) is 0 Å². The van der Waals surface area contributed by atoms with Gasteiger partial charge >= 0.3 is 0 Å². The van der Waals surface area contributed by atoms with Crippen LogP contribution in [-0.4, -0.2) is 0 Å². The molecule has 0 heterocycles. The highest BCUT2D eigenvalue weighted by atomic mass is 15.1. The third-order valence-corrected chi connectivity index (χ3v) is 12.0. The van der Waals surface area contributed by atoms with E-state index < -0.39 is 0 Å². The van der Waals surface area contributed by atoms with E-state index in [-0.39, 0.29) is 5.41 Å². The summed E-state index contributed by atoms with van der Waals surface area (Å²) < 4.78 is 0. The zero-order valence-corrected chi connectivity index (χ0v) is 32.4. The van der Waals surface area contributed by atoms with Crippen LogP contribution in [0.1, 0.15) is 37.8 Å². The Labute approximate surface area is 336 Å². The second-order valence-corrected chi connectivity index (χ2v) is 15.7. The lowest BCUT2D eigenvalue weighted by atomic mass is 9.78. The Morgan fingerprint density at radius 1 is 0.439 bits per heavy atom. The van der Waals surface area contributed by atoms with Crippen molar-refractivity contribution in [3.8, 4) is 22.3 Å². The van der Waals surface area contributed by atoms with Gasteiger partial charge in [0.05, 0.1) is 5.69 Å². The molecule has 8 aromatic rings. The Kier molecular flexibility index (Phi) is 8.68. The Morgan fingerprint density at radius 3 is 1.67 bits per heavy atom. The van der Waals surface area contributed by atoms with Crippen LogP contribution < -0.4 is 9.80 Å². The number of benzene rings is 8. The normalized spacial score (nSPS) is 14.0. The molecule has 0 aliphatic heterocycles. The molecule has 10 rings (SSSR count). The predicted octanol–water partition coefficient (Wildman–Crippen LogP) is 15.5. The first-order valence-corrected chi connectivity index (χ1v) is 20.1. The van der Waals surface area contributed by atoms with Gasteiger partial charge in [0, 0.05) is 39.2 Å². The van der Waals surface area contributed by atoms with Crippen molar-refractivity contribution in [2.75, 3.05) is 9.80 Å². The summed E-state index contributed by atoms with van der Waals surface area (Å²) in [6.45, 7) is 4.79. The van der Waals surface area contributed by atoms with E-state index in [2.05, 4.69) is 230 Å². The topological polar surface area (TPSA) is 6.48 Å². The van der Waals surface area contributed by atoms with E-state index in [1.807, 2.05) is 0 Å². The first-order valence-electron chi connectivity index (χ1n) is 20.1. The molecule has 2 nitrogen and oxygen atoms in total. The van der Waals surface area contributed by atoms with E-state index in [9.17, 15) is 0 Å². The van der Waals surface area contributed by atoms with Crippen LogP contribution >= 0.6 is 0 Å². The second-order valence-electron chi connectivity index (χ2n) is 15.7. The molecule has 2 aliphatic rings. The summed E-state index contributed by atoms with van der Waals surface area (Å²) in [7, 11) is 0. The summed E-state index contributed by atoms with van der Waals surface area (Å²) in [5.41, 5.74) is 17.5. The van der Waals surface area contributed by atoms with Crippen molar-refractivity contribution in [2.24, 2.45) is 0 Å². The summed E-state index contributed by atoms with van der Waals surface area (Å²) in [6.07, 6.45) is 6.94. The van der Waals surface area contributed by atoms with Gasteiger partial charge in [-0.3, -0.25) is 0 Å². The molecule has 2 heteroatoms. The summed E-state index contributed by atoms with van der Waals surface area (Å²) in [5.74, 6) is 0. The van der Waals surface area contributed by atoms with Crippen molar-refractivity contribution in [1.82, 2.24) is 0 Å². The van der Waals surface area contributed by atoms with Gasteiger partial charge < -0.3 is 9.80 Å². The van der Waals surface area contributed by atoms with E-state index in [0.717, 1.165) is 41.3 Å². The first kappa shape index (κ1) is 34.6. The smallest absolute Gasteiger partial charge is 0.0540 e. The van der Waals surface area contributed by atoms with Gasteiger partial charge in [0.2, 0.25) is 0 Å². The number of allylic oxidation sites excluding steroid dienone is 4. The molecule has 0 saturated heterocycles. The molecule has 0 amide bonds. The number of hydrogen-bond donors (Lipinski definition) is 0. The molecule has 0 spiro atoms. The molecule has 2 aliphatic carbocycles. The Hall–Kier alpha value is -6.90. The molecule has 0 N–H and O–H groups in total. The molecule has 274 valence electrons. The monoisotopic (exact) mass is 732 g/mol. The molecule has 0 unspecified atom stereocenters. The predicted molar refractivity (Wildman–Crippen MR) is 243 cm³/mol. The highest BCUT2D eigenvalue weighted by Crippen LogP contribution is 2.52. The minimum absolute atomic E-state index is 0.0149. The maximum absolute atomic E-state index is 2.43. The van der Waals surface area contributed by atoms with E-state index >= 15 is 0 Å². The number of anilines is 6. The van der Waals surface area contributed by atoms with E-state index in [0.29, 0.717) is 0 Å². The molecule has 57 heavy (non-hydrogen) atoms. The lowest BCUT2D eigenvalue weighted by molar-refractivity contribution is 0.607. The lowest BCUT2D eigenvalue weighted by Gasteiger charge is -2.29. The SMILES string of the molecule is CC1(C)C2=C(C=CCC2)c2ccc(N(c3ccccc3)c3ccc(-c4cccc(-c5ccc(N(c6ccccc6)c6cccc7ccccc67)cc5)c4)cc3)cc21. The van der Waals surface area contributed by atoms with Crippen molar-refractivity contribution in [3.63, 3.8) is 0 Å². The van der Waals surface area contributed by atoms with E-state index in [1.165, 1.54) is 55.4 Å². The average Bonchev–Trinajstić information content (AvgIpc) is 3.50. The van der Waals surface area contributed by atoms with Crippen LogP contribution in [0.3, 0.4) is 0 Å². The van der Waals surface area contributed by atoms with Gasteiger partial charge in [0.25, 0.3) is 0 Å². The summed E-state index contributed by atoms with van der Waals surface area (Å²) >= 11 is 0. The largest absolute Gasteiger partial charge is 0.310 e. The molecular weight excluding hydrogens is 689 g/mol. The fraction of sp³-hybridized carbons (Fsp3) is 0.0909. The zero-order chi connectivity index (χ0) is 38.3. The molecular formula is C55H44N2. The van der Waals surface area contributed by atoms with Crippen molar-refractivity contribution in [1.29, 1.82) is 0 Å². The second kappa shape index (κ2) is 14.3. The summed E-state index contributed by atoms with van der Waals surface area (Å²) in [6, 6.07) is 70.5. The molecule has 0 radical (unpaired) electrons. The van der Waals surface area contributed by atoms with Crippen LogP contribution in [0.4, 0.5) is 34.1 Å². The minimum atomic E-state index is 0.0149. The van der Waals surface area contributed by atoms with Gasteiger partial charge in [-0.2, -0.15) is 0 Å². The third kappa shape index (κ3) is 6.24. The molecule has 0 atom stereocenters. The van der Waals surface area contributed by atoms with Crippen molar-refractivity contribution < 1.29 is 0 Å². The number of nitrogens with zero attached hydrogens (tertiary/aromatic N) is 2. The number of rotatable bonds is 8. The van der Waals surface area contributed by atoms with Crippen molar-refractivity contribution in [3.05, 3.63) is 223 Å². The van der Waals surface area contributed by atoms with E-state index in [4.69, 9.17) is 0 Å². The fourth-order valence-electron chi connectivity index (χ4n) is 9.07. The van der Waals surface area contributed by atoms with Crippen LogP contribution in [0.2, 0.25) is 0 Å². The van der Waals surface area contributed by atoms with E-state index in [1.54, 1.807) is 5.57 Å². The Bertz CT molecular complexity index is 2790. The molecule has 0 saturated carbocycles. The molecule has 0 fully saturated rings. The van der Waals surface area contributed by atoms with Crippen LogP contribution in [0.15, 0.2) is 212 Å². The van der Waals surface area contributed by atoms with Gasteiger partial charge in [-0.1, -0.05) is 153 Å². The van der Waals surface area contributed by atoms with Gasteiger partial charge in [-0.05, 0) is 130 Å². The average molecular weight is 733 g/mol. The summed E-state index contributed by atoms with van der Waals surface area (Å²) in [5, 5.41) is 2.45.